The number of hydrogen-bond acceptors (Lipinski definition) is 4. The minimum atomic E-state index is -0.559. The number of anilines is 2. The molecule has 0 aliphatic heterocycles. The lowest BCUT2D eigenvalue weighted by molar-refractivity contribution is 0.168. The highest BCUT2D eigenvalue weighted by Gasteiger charge is 2.17. The zero-order chi connectivity index (χ0) is 18.9. The van der Waals surface area contributed by atoms with Gasteiger partial charge in [0.1, 0.15) is 5.75 Å². The third-order valence-corrected chi connectivity index (χ3v) is 3.79. The number of aryl methyl sites for hydroxylation is 1. The Balaban J connectivity index is 2.11. The van der Waals surface area contributed by atoms with Crippen molar-refractivity contribution < 1.29 is 19.1 Å². The number of carbonyl (C=O) groups excluding carboxylic acids is 2. The molecule has 6 nitrogen and oxygen atoms in total. The van der Waals surface area contributed by atoms with Gasteiger partial charge in [0.05, 0.1) is 6.61 Å². The normalized spacial score (nSPS) is 10.1. The Morgan fingerprint density at radius 2 is 1.88 bits per heavy atom. The smallest absolute Gasteiger partial charge is 0.419 e. The predicted molar refractivity (Wildman–Crippen MR) is 105 cm³/mol. The summed E-state index contributed by atoms with van der Waals surface area (Å²) in [7, 11) is 0. The standard InChI is InChI=1S/C19H21BrN2O4/c1-3-25-18(23)21-15-5-4-6-17(13-15)26-19(24)22(12-11-20)16-9-7-14(2)8-10-16/h4-10,13H,3,11-12H2,1-2H3,(H,21,23). The molecule has 2 aromatic carbocycles. The van der Waals surface area contributed by atoms with Gasteiger partial charge in [0.25, 0.3) is 0 Å². The maximum absolute atomic E-state index is 12.6. The van der Waals surface area contributed by atoms with E-state index in [2.05, 4.69) is 21.2 Å². The molecule has 0 unspecified atom stereocenters. The monoisotopic (exact) mass is 420 g/mol. The summed E-state index contributed by atoms with van der Waals surface area (Å²) in [6, 6.07) is 14.2. The van der Waals surface area contributed by atoms with E-state index in [4.69, 9.17) is 9.47 Å². The maximum atomic E-state index is 12.6. The summed E-state index contributed by atoms with van der Waals surface area (Å²) in [6.07, 6.45) is -1.06. The summed E-state index contributed by atoms with van der Waals surface area (Å²) in [4.78, 5) is 25.6. The Morgan fingerprint density at radius 3 is 2.54 bits per heavy atom. The molecule has 26 heavy (non-hydrogen) atoms. The molecule has 0 fully saturated rings. The Morgan fingerprint density at radius 1 is 1.15 bits per heavy atom. The summed E-state index contributed by atoms with van der Waals surface area (Å²) in [5.41, 5.74) is 2.34. The molecule has 2 aromatic rings. The molecule has 0 spiro atoms. The van der Waals surface area contributed by atoms with E-state index < -0.39 is 12.2 Å². The van der Waals surface area contributed by atoms with Gasteiger partial charge in [-0.3, -0.25) is 10.2 Å². The molecule has 0 aliphatic carbocycles. The van der Waals surface area contributed by atoms with Gasteiger partial charge in [-0.25, -0.2) is 9.59 Å². The van der Waals surface area contributed by atoms with E-state index >= 15 is 0 Å². The lowest BCUT2D eigenvalue weighted by Crippen LogP contribution is -2.35. The van der Waals surface area contributed by atoms with Crippen LogP contribution >= 0.6 is 15.9 Å². The quantitative estimate of drug-likeness (QED) is 0.670. The average molecular weight is 421 g/mol. The van der Waals surface area contributed by atoms with Crippen LogP contribution < -0.4 is 15.0 Å². The Bertz CT molecular complexity index is 749. The van der Waals surface area contributed by atoms with Crippen molar-refractivity contribution >= 4 is 39.5 Å². The number of hydrogen-bond donors (Lipinski definition) is 1. The number of nitrogens with one attached hydrogen (secondary N) is 1. The highest BCUT2D eigenvalue weighted by molar-refractivity contribution is 9.09. The molecule has 0 bridgehead atoms. The van der Waals surface area contributed by atoms with Crippen molar-refractivity contribution in [2.75, 3.05) is 28.7 Å². The van der Waals surface area contributed by atoms with Crippen LogP contribution in [-0.2, 0) is 4.74 Å². The fraction of sp³-hybridized carbons (Fsp3) is 0.263. The Labute approximate surface area is 161 Å². The Hall–Kier alpha value is -2.54. The number of amides is 2. The molecular weight excluding hydrogens is 400 g/mol. The summed E-state index contributed by atoms with van der Waals surface area (Å²) < 4.78 is 10.3. The molecule has 7 heteroatoms. The van der Waals surface area contributed by atoms with Gasteiger partial charge in [0.15, 0.2) is 0 Å². The molecule has 0 aromatic heterocycles. The van der Waals surface area contributed by atoms with Gasteiger partial charge in [-0.1, -0.05) is 39.7 Å². The van der Waals surface area contributed by atoms with Crippen molar-refractivity contribution in [2.24, 2.45) is 0 Å². The second kappa shape index (κ2) is 9.82. The Kier molecular flexibility index (Phi) is 7.47. The lowest BCUT2D eigenvalue weighted by Gasteiger charge is -2.21. The van der Waals surface area contributed by atoms with Gasteiger partial charge in [0.2, 0.25) is 0 Å². The van der Waals surface area contributed by atoms with Crippen LogP contribution in [0, 0.1) is 6.92 Å². The third kappa shape index (κ3) is 5.77. The SMILES string of the molecule is CCOC(=O)Nc1cccc(OC(=O)N(CCBr)c2ccc(C)cc2)c1. The van der Waals surface area contributed by atoms with E-state index in [9.17, 15) is 9.59 Å². The minimum absolute atomic E-state index is 0.276. The predicted octanol–water partition coefficient (Wildman–Crippen LogP) is 4.96. The van der Waals surface area contributed by atoms with Crippen molar-refractivity contribution in [3.8, 4) is 5.75 Å². The van der Waals surface area contributed by atoms with Crippen molar-refractivity contribution in [1.82, 2.24) is 0 Å². The van der Waals surface area contributed by atoms with Crippen LogP contribution in [0.1, 0.15) is 12.5 Å². The first-order valence-electron chi connectivity index (χ1n) is 8.19. The molecule has 138 valence electrons. The minimum Gasteiger partial charge on any atom is -0.450 e. The molecule has 0 atom stereocenters. The van der Waals surface area contributed by atoms with Gasteiger partial charge < -0.3 is 9.47 Å². The van der Waals surface area contributed by atoms with Gasteiger partial charge in [-0.2, -0.15) is 0 Å². The van der Waals surface area contributed by atoms with Crippen LogP contribution in [-0.4, -0.2) is 30.7 Å². The van der Waals surface area contributed by atoms with E-state index in [-0.39, 0.29) is 6.61 Å². The maximum Gasteiger partial charge on any atom is 0.419 e. The van der Waals surface area contributed by atoms with E-state index in [0.717, 1.165) is 11.3 Å². The van der Waals surface area contributed by atoms with Crippen LogP contribution in [0.25, 0.3) is 0 Å². The van der Waals surface area contributed by atoms with Crippen molar-refractivity contribution in [1.29, 1.82) is 0 Å². The summed E-state index contributed by atoms with van der Waals surface area (Å²) in [6.45, 7) is 4.45. The van der Waals surface area contributed by atoms with E-state index in [1.54, 1.807) is 36.1 Å². The van der Waals surface area contributed by atoms with E-state index in [1.807, 2.05) is 31.2 Å². The fourth-order valence-corrected chi connectivity index (χ4v) is 2.57. The first-order chi connectivity index (χ1) is 12.5. The first kappa shape index (κ1) is 19.8. The molecular formula is C19H21BrN2O4. The third-order valence-electron chi connectivity index (χ3n) is 3.44. The molecule has 0 aliphatic rings. The number of benzene rings is 2. The second-order valence-electron chi connectivity index (χ2n) is 5.42. The van der Waals surface area contributed by atoms with E-state index in [0.29, 0.717) is 23.3 Å². The highest BCUT2D eigenvalue weighted by atomic mass is 79.9. The molecule has 0 saturated heterocycles. The summed E-state index contributed by atoms with van der Waals surface area (Å²) >= 11 is 3.36. The molecule has 0 heterocycles. The number of carbonyl (C=O) groups is 2. The molecule has 2 rings (SSSR count). The van der Waals surface area contributed by atoms with Gasteiger partial charge >= 0.3 is 12.2 Å². The number of alkyl halides is 1. The molecule has 1 N–H and O–H groups in total. The largest absolute Gasteiger partial charge is 0.450 e. The zero-order valence-corrected chi connectivity index (χ0v) is 16.3. The molecule has 0 saturated carbocycles. The number of halogens is 1. The number of rotatable bonds is 6. The van der Waals surface area contributed by atoms with Gasteiger partial charge in [-0.15, -0.1) is 0 Å². The fourth-order valence-electron chi connectivity index (χ4n) is 2.21. The molecule has 2 amide bonds. The number of ether oxygens (including phenoxy) is 2. The number of nitrogens with zero attached hydrogens (tertiary/aromatic N) is 1. The topological polar surface area (TPSA) is 67.9 Å². The summed E-state index contributed by atoms with van der Waals surface area (Å²) in [5.74, 6) is 0.330. The van der Waals surface area contributed by atoms with Crippen LogP contribution in [0.4, 0.5) is 21.0 Å². The average Bonchev–Trinajstić information content (AvgIpc) is 2.61. The van der Waals surface area contributed by atoms with Crippen LogP contribution in [0.5, 0.6) is 5.75 Å². The summed E-state index contributed by atoms with van der Waals surface area (Å²) in [5, 5.41) is 3.19. The van der Waals surface area contributed by atoms with Crippen molar-refractivity contribution in [2.45, 2.75) is 13.8 Å². The van der Waals surface area contributed by atoms with Crippen LogP contribution in [0.3, 0.4) is 0 Å². The lowest BCUT2D eigenvalue weighted by atomic mass is 10.2. The first-order valence-corrected chi connectivity index (χ1v) is 9.31. The second-order valence-corrected chi connectivity index (χ2v) is 6.21. The van der Waals surface area contributed by atoms with Gasteiger partial charge in [-0.05, 0) is 38.1 Å². The van der Waals surface area contributed by atoms with Crippen molar-refractivity contribution in [3.63, 3.8) is 0 Å². The van der Waals surface area contributed by atoms with Gasteiger partial charge in [0, 0.05) is 29.3 Å². The highest BCUT2D eigenvalue weighted by Crippen LogP contribution is 2.21. The van der Waals surface area contributed by atoms with Crippen molar-refractivity contribution in [3.05, 3.63) is 54.1 Å². The molecule has 0 radical (unpaired) electrons. The van der Waals surface area contributed by atoms with E-state index in [1.165, 1.54) is 0 Å². The zero-order valence-electron chi connectivity index (χ0n) is 14.7. The van der Waals surface area contributed by atoms with Crippen LogP contribution in [0.15, 0.2) is 48.5 Å². The van der Waals surface area contributed by atoms with Crippen LogP contribution in [0.2, 0.25) is 0 Å².